The summed E-state index contributed by atoms with van der Waals surface area (Å²) < 4.78 is 1.91. The van der Waals surface area contributed by atoms with E-state index in [-0.39, 0.29) is 17.3 Å². The molecule has 34 heavy (non-hydrogen) atoms. The topological polar surface area (TPSA) is 131 Å². The Bertz CT molecular complexity index is 1400. The summed E-state index contributed by atoms with van der Waals surface area (Å²) in [6.07, 6.45) is 7.75. The van der Waals surface area contributed by atoms with Crippen LogP contribution in [-0.4, -0.2) is 42.8 Å². The van der Waals surface area contributed by atoms with Crippen molar-refractivity contribution in [3.63, 3.8) is 0 Å². The number of hydrogen-bond donors (Lipinski definition) is 3. The third kappa shape index (κ3) is 3.28. The molecular formula is C23H23ClN8OS. The average molecular weight is 495 g/mol. The van der Waals surface area contributed by atoms with Crippen LogP contribution in [0.3, 0.4) is 0 Å². The summed E-state index contributed by atoms with van der Waals surface area (Å²) in [5.41, 5.74) is 15.3. The van der Waals surface area contributed by atoms with Crippen molar-refractivity contribution in [2.75, 3.05) is 23.7 Å². The lowest BCUT2D eigenvalue weighted by Gasteiger charge is -2.42. The summed E-state index contributed by atoms with van der Waals surface area (Å²) >= 11 is 7.76. The van der Waals surface area contributed by atoms with Gasteiger partial charge in [0.15, 0.2) is 5.65 Å². The molecule has 5 N–H and O–H groups in total. The van der Waals surface area contributed by atoms with Crippen LogP contribution in [0.15, 0.2) is 52.8 Å². The van der Waals surface area contributed by atoms with Crippen LogP contribution in [0.25, 0.3) is 5.65 Å². The van der Waals surface area contributed by atoms with Gasteiger partial charge in [0.1, 0.15) is 17.9 Å². The molecule has 11 heteroatoms. The number of phenolic OH excluding ortho intramolecular Hbond substituents is 1. The maximum absolute atomic E-state index is 10.3. The first-order valence-corrected chi connectivity index (χ1v) is 12.2. The summed E-state index contributed by atoms with van der Waals surface area (Å²) in [6.45, 7) is 1.61. The maximum atomic E-state index is 10.3. The van der Waals surface area contributed by atoms with Gasteiger partial charge in [0.25, 0.3) is 0 Å². The van der Waals surface area contributed by atoms with Crippen molar-refractivity contribution in [2.24, 2.45) is 11.1 Å². The number of aromatic nitrogens is 5. The normalized spacial score (nSPS) is 19.1. The molecule has 2 aliphatic rings. The Kier molecular flexibility index (Phi) is 5.05. The fraction of sp³-hybridized carbons (Fsp3) is 0.304. The predicted octanol–water partition coefficient (Wildman–Crippen LogP) is 3.45. The Hall–Kier alpha value is -3.08. The molecule has 0 radical (unpaired) electrons. The number of benzene rings is 1. The second-order valence-corrected chi connectivity index (χ2v) is 10.4. The van der Waals surface area contributed by atoms with Crippen LogP contribution in [0, 0.1) is 5.41 Å². The van der Waals surface area contributed by atoms with Gasteiger partial charge in [-0.15, -0.1) is 10.2 Å². The number of hydrogen-bond acceptors (Lipinski definition) is 9. The Morgan fingerprint density at radius 1 is 1.15 bits per heavy atom. The van der Waals surface area contributed by atoms with Crippen molar-refractivity contribution < 1.29 is 5.11 Å². The summed E-state index contributed by atoms with van der Waals surface area (Å²) in [7, 11) is 0. The van der Waals surface area contributed by atoms with Gasteiger partial charge in [0.05, 0.1) is 9.92 Å². The van der Waals surface area contributed by atoms with E-state index in [4.69, 9.17) is 28.1 Å². The zero-order valence-corrected chi connectivity index (χ0v) is 19.8. The molecule has 0 amide bonds. The molecule has 1 spiro atoms. The summed E-state index contributed by atoms with van der Waals surface area (Å²) in [4.78, 5) is 12.6. The standard InChI is InChI=1S/C23H23ClN8OS/c24-18-16(4-7-27-20(18)26)34-17-11-28-22(32-12-29-30-21(17)32)31-8-5-23(6-9-31)10-14-13(19(23)25)2-1-3-15(14)33/h1-4,7,11-12,19,33H,5-6,8-10,25H2,(H2,26,27)/t19-/m1/s1. The van der Waals surface area contributed by atoms with E-state index in [1.54, 1.807) is 24.8 Å². The molecule has 6 rings (SSSR count). The minimum Gasteiger partial charge on any atom is -0.508 e. The zero-order chi connectivity index (χ0) is 23.4. The number of nitrogen functional groups attached to an aromatic ring is 1. The highest BCUT2D eigenvalue weighted by molar-refractivity contribution is 7.99. The quantitative estimate of drug-likeness (QED) is 0.391. The maximum Gasteiger partial charge on any atom is 0.212 e. The fourth-order valence-corrected chi connectivity index (χ4v) is 6.36. The molecule has 0 saturated carbocycles. The van der Waals surface area contributed by atoms with Crippen LogP contribution in [0.5, 0.6) is 5.75 Å². The SMILES string of the molecule is Nc1nccc(Sc2cnc(N3CCC4(CC3)Cc3c(O)cccc3[C@H]4N)n3cnnc23)c1Cl. The van der Waals surface area contributed by atoms with Gasteiger partial charge in [0.2, 0.25) is 5.95 Å². The highest BCUT2D eigenvalue weighted by Crippen LogP contribution is 2.53. The van der Waals surface area contributed by atoms with Crippen LogP contribution < -0.4 is 16.4 Å². The first-order chi connectivity index (χ1) is 16.5. The molecule has 0 unspecified atom stereocenters. The number of halogens is 1. The van der Waals surface area contributed by atoms with Crippen molar-refractivity contribution in [1.82, 2.24) is 24.6 Å². The lowest BCUT2D eigenvalue weighted by atomic mass is 9.73. The van der Waals surface area contributed by atoms with E-state index in [2.05, 4.69) is 20.1 Å². The van der Waals surface area contributed by atoms with Gasteiger partial charge >= 0.3 is 0 Å². The molecular weight excluding hydrogens is 472 g/mol. The van der Waals surface area contributed by atoms with E-state index in [1.807, 2.05) is 22.6 Å². The van der Waals surface area contributed by atoms with Crippen molar-refractivity contribution in [3.05, 3.63) is 59.1 Å². The molecule has 0 bridgehead atoms. The Labute approximate surface area is 205 Å². The van der Waals surface area contributed by atoms with Gasteiger partial charge < -0.3 is 21.5 Å². The monoisotopic (exact) mass is 494 g/mol. The first kappa shape index (κ1) is 21.5. The van der Waals surface area contributed by atoms with Gasteiger partial charge in [-0.1, -0.05) is 35.5 Å². The second-order valence-electron chi connectivity index (χ2n) is 8.91. The smallest absolute Gasteiger partial charge is 0.212 e. The lowest BCUT2D eigenvalue weighted by molar-refractivity contribution is 0.186. The zero-order valence-electron chi connectivity index (χ0n) is 18.2. The van der Waals surface area contributed by atoms with E-state index in [0.29, 0.717) is 16.4 Å². The first-order valence-electron chi connectivity index (χ1n) is 11.0. The number of aromatic hydroxyl groups is 1. The van der Waals surface area contributed by atoms with Crippen molar-refractivity contribution in [2.45, 2.75) is 35.1 Å². The summed E-state index contributed by atoms with van der Waals surface area (Å²) in [5.74, 6) is 1.44. The molecule has 174 valence electrons. The van der Waals surface area contributed by atoms with Gasteiger partial charge in [-0.3, -0.25) is 0 Å². The highest BCUT2D eigenvalue weighted by atomic mass is 35.5. The molecule has 1 saturated heterocycles. The fourth-order valence-electron chi connectivity index (χ4n) is 5.24. The van der Waals surface area contributed by atoms with E-state index < -0.39 is 0 Å². The van der Waals surface area contributed by atoms with E-state index in [0.717, 1.165) is 59.2 Å². The number of phenols is 1. The van der Waals surface area contributed by atoms with Crippen LogP contribution >= 0.6 is 23.4 Å². The van der Waals surface area contributed by atoms with Crippen LogP contribution in [0.2, 0.25) is 5.02 Å². The largest absolute Gasteiger partial charge is 0.508 e. The Balaban J connectivity index is 1.25. The second kappa shape index (κ2) is 8.00. The van der Waals surface area contributed by atoms with Gasteiger partial charge in [-0.05, 0) is 47.9 Å². The van der Waals surface area contributed by atoms with E-state index in [1.165, 1.54) is 11.8 Å². The number of rotatable bonds is 3. The minimum atomic E-state index is -0.0732. The van der Waals surface area contributed by atoms with Gasteiger partial charge in [-0.25, -0.2) is 14.4 Å². The molecule has 4 aromatic rings. The highest BCUT2D eigenvalue weighted by Gasteiger charge is 2.47. The molecule has 1 aliphatic carbocycles. The number of anilines is 2. The minimum absolute atomic E-state index is 0.0439. The number of nitrogens with two attached hydrogens (primary N) is 2. The van der Waals surface area contributed by atoms with Crippen LogP contribution in [0.4, 0.5) is 11.8 Å². The molecule has 1 aromatic carbocycles. The average Bonchev–Trinajstić information content (AvgIpc) is 3.43. The van der Waals surface area contributed by atoms with Crippen molar-refractivity contribution >= 4 is 40.8 Å². The molecule has 1 fully saturated rings. The molecule has 1 aliphatic heterocycles. The lowest BCUT2D eigenvalue weighted by Crippen LogP contribution is -2.45. The summed E-state index contributed by atoms with van der Waals surface area (Å²) in [5, 5.41) is 19.2. The van der Waals surface area contributed by atoms with E-state index in [9.17, 15) is 5.11 Å². The molecule has 4 heterocycles. The number of nitrogens with zero attached hydrogens (tertiary/aromatic N) is 6. The number of fused-ring (bicyclic) bond motifs is 2. The number of piperidine rings is 1. The van der Waals surface area contributed by atoms with Crippen LogP contribution in [-0.2, 0) is 6.42 Å². The number of pyridine rings is 1. The van der Waals surface area contributed by atoms with Crippen molar-refractivity contribution in [3.8, 4) is 5.75 Å². The van der Waals surface area contributed by atoms with Crippen molar-refractivity contribution in [1.29, 1.82) is 0 Å². The molecule has 3 aromatic heterocycles. The van der Waals surface area contributed by atoms with Crippen LogP contribution in [0.1, 0.15) is 30.0 Å². The molecule has 1 atom stereocenters. The van der Waals surface area contributed by atoms with Gasteiger partial charge in [0, 0.05) is 36.4 Å². The van der Waals surface area contributed by atoms with Gasteiger partial charge in [-0.2, -0.15) is 0 Å². The summed E-state index contributed by atoms with van der Waals surface area (Å²) in [6, 6.07) is 7.41. The predicted molar refractivity (Wildman–Crippen MR) is 131 cm³/mol. The Morgan fingerprint density at radius 3 is 2.76 bits per heavy atom. The van der Waals surface area contributed by atoms with E-state index >= 15 is 0 Å². The molecule has 9 nitrogen and oxygen atoms in total. The third-order valence-electron chi connectivity index (χ3n) is 7.13. The third-order valence-corrected chi connectivity index (χ3v) is 8.71. The Morgan fingerprint density at radius 2 is 1.97 bits per heavy atom.